The molecule has 170 valence electrons. The molecule has 2 aliphatic heterocycles. The van der Waals surface area contributed by atoms with Crippen molar-refractivity contribution in [2.75, 3.05) is 52.6 Å². The van der Waals surface area contributed by atoms with Gasteiger partial charge in [-0.25, -0.2) is 4.99 Å². The summed E-state index contributed by atoms with van der Waals surface area (Å²) in [6, 6.07) is 6.55. The van der Waals surface area contributed by atoms with Gasteiger partial charge in [-0.05, 0) is 30.5 Å². The third kappa shape index (κ3) is 7.46. The van der Waals surface area contributed by atoms with Gasteiger partial charge in [0.1, 0.15) is 0 Å². The van der Waals surface area contributed by atoms with Crippen molar-refractivity contribution in [1.29, 1.82) is 0 Å². The van der Waals surface area contributed by atoms with Gasteiger partial charge in [-0.2, -0.15) is 0 Å². The first-order valence-corrected chi connectivity index (χ1v) is 10.9. The predicted octanol–water partition coefficient (Wildman–Crippen LogP) is 2.88. The van der Waals surface area contributed by atoms with Crippen molar-refractivity contribution < 1.29 is 14.2 Å². The van der Waals surface area contributed by atoms with Crippen molar-refractivity contribution >= 4 is 29.9 Å². The minimum atomic E-state index is 0. The average molecular weight is 532 g/mol. The molecule has 1 atom stereocenters. The molecule has 2 aliphatic rings. The normalized spacial score (nSPS) is 18.3. The van der Waals surface area contributed by atoms with Crippen LogP contribution in [0.2, 0.25) is 0 Å². The standard InChI is InChI=1S/C22H36N4O3.HI/c1-4-23-22(25-16-19(17(2)3)26-8-12-27-13-9-26)24-15-18-6-7-20-21(14-18)29-11-5-10-28-20;/h6-7,14,17,19H,4-5,8-13,15-16H2,1-3H3,(H2,23,24,25);1H. The lowest BCUT2D eigenvalue weighted by Crippen LogP contribution is -2.52. The summed E-state index contributed by atoms with van der Waals surface area (Å²) in [5, 5.41) is 6.90. The number of nitrogens with one attached hydrogen (secondary N) is 2. The Hall–Kier alpha value is -1.26. The molecular weight excluding hydrogens is 495 g/mol. The van der Waals surface area contributed by atoms with E-state index in [0.717, 1.165) is 68.8 Å². The summed E-state index contributed by atoms with van der Waals surface area (Å²) in [7, 11) is 0. The van der Waals surface area contributed by atoms with E-state index in [0.29, 0.717) is 31.7 Å². The summed E-state index contributed by atoms with van der Waals surface area (Å²) in [4.78, 5) is 7.31. The number of hydrogen-bond donors (Lipinski definition) is 2. The van der Waals surface area contributed by atoms with E-state index in [4.69, 9.17) is 19.2 Å². The van der Waals surface area contributed by atoms with Gasteiger partial charge in [0.05, 0.1) is 33.0 Å². The van der Waals surface area contributed by atoms with E-state index in [1.165, 1.54) is 0 Å². The van der Waals surface area contributed by atoms with Crippen LogP contribution in [-0.4, -0.2) is 69.5 Å². The van der Waals surface area contributed by atoms with E-state index in [1.54, 1.807) is 0 Å². The lowest BCUT2D eigenvalue weighted by atomic mass is 10.0. The minimum Gasteiger partial charge on any atom is -0.490 e. The fourth-order valence-corrected chi connectivity index (χ4v) is 3.71. The van der Waals surface area contributed by atoms with Gasteiger partial charge in [-0.3, -0.25) is 4.90 Å². The summed E-state index contributed by atoms with van der Waals surface area (Å²) >= 11 is 0. The second-order valence-corrected chi connectivity index (χ2v) is 7.87. The van der Waals surface area contributed by atoms with Gasteiger partial charge in [0.2, 0.25) is 0 Å². The Morgan fingerprint density at radius 3 is 2.50 bits per heavy atom. The van der Waals surface area contributed by atoms with Gasteiger partial charge >= 0.3 is 0 Å². The molecule has 2 N–H and O–H groups in total. The second kappa shape index (κ2) is 13.2. The van der Waals surface area contributed by atoms with Crippen molar-refractivity contribution in [3.8, 4) is 11.5 Å². The van der Waals surface area contributed by atoms with Gasteiger partial charge in [-0.15, -0.1) is 24.0 Å². The highest BCUT2D eigenvalue weighted by molar-refractivity contribution is 14.0. The zero-order valence-corrected chi connectivity index (χ0v) is 20.8. The highest BCUT2D eigenvalue weighted by atomic mass is 127. The first-order chi connectivity index (χ1) is 14.2. The summed E-state index contributed by atoms with van der Waals surface area (Å²) in [5.41, 5.74) is 1.11. The number of rotatable bonds is 7. The zero-order valence-electron chi connectivity index (χ0n) is 18.5. The molecule has 1 aromatic rings. The maximum atomic E-state index is 5.80. The smallest absolute Gasteiger partial charge is 0.191 e. The summed E-state index contributed by atoms with van der Waals surface area (Å²) < 4.78 is 17.0. The number of halogens is 1. The topological polar surface area (TPSA) is 67.4 Å². The fourth-order valence-electron chi connectivity index (χ4n) is 3.71. The SMILES string of the molecule is CCNC(=NCc1ccc2c(c1)OCCCO2)NCC(C(C)C)N1CCOCC1.I. The number of guanidine groups is 1. The number of nitrogens with zero attached hydrogens (tertiary/aromatic N) is 2. The molecule has 0 saturated carbocycles. The quantitative estimate of drug-likeness (QED) is 0.320. The Balaban J connectivity index is 0.00000320. The molecule has 7 nitrogen and oxygen atoms in total. The Labute approximate surface area is 197 Å². The van der Waals surface area contributed by atoms with Gasteiger partial charge in [0.15, 0.2) is 17.5 Å². The van der Waals surface area contributed by atoms with E-state index < -0.39 is 0 Å². The van der Waals surface area contributed by atoms with Crippen molar-refractivity contribution in [2.24, 2.45) is 10.9 Å². The van der Waals surface area contributed by atoms with Crippen molar-refractivity contribution in [2.45, 2.75) is 39.8 Å². The van der Waals surface area contributed by atoms with Gasteiger partial charge in [0.25, 0.3) is 0 Å². The molecule has 1 fully saturated rings. The van der Waals surface area contributed by atoms with E-state index in [1.807, 2.05) is 12.1 Å². The first kappa shape index (κ1) is 25.0. The van der Waals surface area contributed by atoms with Crippen LogP contribution in [0.5, 0.6) is 11.5 Å². The maximum Gasteiger partial charge on any atom is 0.191 e. The molecule has 8 heteroatoms. The van der Waals surface area contributed by atoms with Crippen LogP contribution in [0.3, 0.4) is 0 Å². The van der Waals surface area contributed by atoms with Crippen LogP contribution in [0.4, 0.5) is 0 Å². The number of fused-ring (bicyclic) bond motifs is 1. The fraction of sp³-hybridized carbons (Fsp3) is 0.682. The van der Waals surface area contributed by atoms with E-state index >= 15 is 0 Å². The molecule has 0 spiro atoms. The molecular formula is C22H37IN4O3. The minimum absolute atomic E-state index is 0. The van der Waals surface area contributed by atoms with Crippen molar-refractivity contribution in [1.82, 2.24) is 15.5 Å². The van der Waals surface area contributed by atoms with Crippen LogP contribution in [0.15, 0.2) is 23.2 Å². The summed E-state index contributed by atoms with van der Waals surface area (Å²) in [6.45, 7) is 14.0. The first-order valence-electron chi connectivity index (χ1n) is 10.9. The lowest BCUT2D eigenvalue weighted by Gasteiger charge is -2.37. The molecule has 0 radical (unpaired) electrons. The predicted molar refractivity (Wildman–Crippen MR) is 131 cm³/mol. The highest BCUT2D eigenvalue weighted by Crippen LogP contribution is 2.30. The third-order valence-electron chi connectivity index (χ3n) is 5.34. The number of benzene rings is 1. The van der Waals surface area contributed by atoms with Crippen LogP contribution in [0.1, 0.15) is 32.8 Å². The van der Waals surface area contributed by atoms with Crippen LogP contribution < -0.4 is 20.1 Å². The van der Waals surface area contributed by atoms with Crippen LogP contribution in [0.25, 0.3) is 0 Å². The highest BCUT2D eigenvalue weighted by Gasteiger charge is 2.23. The van der Waals surface area contributed by atoms with Crippen molar-refractivity contribution in [3.63, 3.8) is 0 Å². The Kier molecular flexibility index (Phi) is 11.0. The largest absolute Gasteiger partial charge is 0.490 e. The van der Waals surface area contributed by atoms with E-state index in [-0.39, 0.29) is 24.0 Å². The third-order valence-corrected chi connectivity index (χ3v) is 5.34. The Morgan fingerprint density at radius 1 is 1.07 bits per heavy atom. The molecule has 1 aromatic carbocycles. The monoisotopic (exact) mass is 532 g/mol. The average Bonchev–Trinajstić information content (AvgIpc) is 2.97. The lowest BCUT2D eigenvalue weighted by molar-refractivity contribution is 0.00752. The molecule has 3 rings (SSSR count). The number of hydrogen-bond acceptors (Lipinski definition) is 5. The summed E-state index contributed by atoms with van der Waals surface area (Å²) in [5.74, 6) is 3.05. The van der Waals surface area contributed by atoms with E-state index in [9.17, 15) is 0 Å². The Morgan fingerprint density at radius 2 is 1.80 bits per heavy atom. The van der Waals surface area contributed by atoms with Gasteiger partial charge in [-0.1, -0.05) is 19.9 Å². The molecule has 0 amide bonds. The molecule has 0 aromatic heterocycles. The number of aliphatic imine (C=N–C) groups is 1. The summed E-state index contributed by atoms with van der Waals surface area (Å²) in [6.07, 6.45) is 0.914. The van der Waals surface area contributed by atoms with Crippen LogP contribution >= 0.6 is 24.0 Å². The van der Waals surface area contributed by atoms with Gasteiger partial charge in [0, 0.05) is 38.6 Å². The molecule has 0 aliphatic carbocycles. The molecule has 30 heavy (non-hydrogen) atoms. The molecule has 1 unspecified atom stereocenters. The Bertz CT molecular complexity index is 666. The van der Waals surface area contributed by atoms with Crippen LogP contribution in [-0.2, 0) is 11.3 Å². The number of ether oxygens (including phenoxy) is 3. The van der Waals surface area contributed by atoms with Gasteiger partial charge < -0.3 is 24.8 Å². The number of morpholine rings is 1. The maximum absolute atomic E-state index is 5.80. The molecule has 1 saturated heterocycles. The second-order valence-electron chi connectivity index (χ2n) is 7.87. The van der Waals surface area contributed by atoms with Crippen LogP contribution in [0, 0.1) is 5.92 Å². The molecule has 2 heterocycles. The van der Waals surface area contributed by atoms with Crippen molar-refractivity contribution in [3.05, 3.63) is 23.8 Å². The van der Waals surface area contributed by atoms with E-state index in [2.05, 4.69) is 42.4 Å². The zero-order chi connectivity index (χ0) is 20.5. The molecule has 0 bridgehead atoms.